The second kappa shape index (κ2) is 7.45. The molecule has 1 fully saturated rings. The van der Waals surface area contributed by atoms with Crippen LogP contribution in [0.25, 0.3) is 11.2 Å². The first kappa shape index (κ1) is 18.4. The van der Waals surface area contributed by atoms with E-state index in [-0.39, 0.29) is 42.7 Å². The van der Waals surface area contributed by atoms with Crippen LogP contribution >= 0.6 is 0 Å². The highest BCUT2D eigenvalue weighted by Gasteiger charge is 2.35. The van der Waals surface area contributed by atoms with Gasteiger partial charge in [-0.1, -0.05) is 20.8 Å². The number of nitrogens with two attached hydrogens (primary N) is 1. The van der Waals surface area contributed by atoms with E-state index in [9.17, 15) is 4.79 Å². The summed E-state index contributed by atoms with van der Waals surface area (Å²) in [5, 5.41) is 2.98. The van der Waals surface area contributed by atoms with E-state index in [0.29, 0.717) is 23.4 Å². The fraction of sp³-hybridized carbons (Fsp3) is 0.647. The monoisotopic (exact) mass is 362 g/mol. The van der Waals surface area contributed by atoms with Gasteiger partial charge in [0.1, 0.15) is 12.8 Å². The average molecular weight is 362 g/mol. The SMILES string of the molecule is CNc1nc(N)nc2c1ncn2[C@@H]1O[C@H](COC(=O)CC(C)C)C[C@@H]1C. The Bertz CT molecular complexity index is 790. The molecule has 3 heterocycles. The Morgan fingerprint density at radius 1 is 1.50 bits per heavy atom. The highest BCUT2D eigenvalue weighted by molar-refractivity contribution is 5.84. The number of hydrogen-bond acceptors (Lipinski definition) is 8. The number of nitrogens with zero attached hydrogens (tertiary/aromatic N) is 4. The van der Waals surface area contributed by atoms with Crippen LogP contribution in [0.2, 0.25) is 0 Å². The van der Waals surface area contributed by atoms with Crippen LogP contribution in [0.4, 0.5) is 11.8 Å². The number of imidazole rings is 1. The van der Waals surface area contributed by atoms with Crippen LogP contribution in [-0.2, 0) is 14.3 Å². The van der Waals surface area contributed by atoms with Crippen molar-refractivity contribution in [3.63, 3.8) is 0 Å². The Kier molecular flexibility index (Phi) is 5.26. The van der Waals surface area contributed by atoms with E-state index in [1.54, 1.807) is 13.4 Å². The number of fused-ring (bicyclic) bond motifs is 1. The Morgan fingerprint density at radius 2 is 2.27 bits per heavy atom. The lowest BCUT2D eigenvalue weighted by atomic mass is 10.1. The fourth-order valence-corrected chi connectivity index (χ4v) is 3.24. The molecule has 0 saturated carbocycles. The van der Waals surface area contributed by atoms with Crippen molar-refractivity contribution in [2.45, 2.75) is 45.9 Å². The lowest BCUT2D eigenvalue weighted by Gasteiger charge is -2.18. The third-order valence-electron chi connectivity index (χ3n) is 4.41. The van der Waals surface area contributed by atoms with Crippen LogP contribution in [0, 0.1) is 11.8 Å². The molecule has 1 aliphatic heterocycles. The minimum atomic E-state index is -0.243. The molecule has 0 aliphatic carbocycles. The summed E-state index contributed by atoms with van der Waals surface area (Å²) < 4.78 is 13.3. The van der Waals surface area contributed by atoms with Crippen LogP contribution in [0.1, 0.15) is 39.8 Å². The molecular weight excluding hydrogens is 336 g/mol. The Morgan fingerprint density at radius 3 is 2.96 bits per heavy atom. The largest absolute Gasteiger partial charge is 0.463 e. The zero-order chi connectivity index (χ0) is 18.8. The summed E-state index contributed by atoms with van der Waals surface area (Å²) in [6.45, 7) is 6.33. The van der Waals surface area contributed by atoms with Gasteiger partial charge in [0.25, 0.3) is 0 Å². The molecule has 3 rings (SSSR count). The van der Waals surface area contributed by atoms with Gasteiger partial charge in [-0.15, -0.1) is 0 Å². The first-order chi connectivity index (χ1) is 12.4. The van der Waals surface area contributed by atoms with E-state index < -0.39 is 0 Å². The van der Waals surface area contributed by atoms with Gasteiger partial charge in [-0.25, -0.2) is 4.98 Å². The number of nitrogens with one attached hydrogen (secondary N) is 1. The van der Waals surface area contributed by atoms with Crippen LogP contribution in [0.3, 0.4) is 0 Å². The molecule has 1 aliphatic rings. The minimum absolute atomic E-state index is 0.147. The van der Waals surface area contributed by atoms with Gasteiger partial charge in [-0.05, 0) is 12.3 Å². The van der Waals surface area contributed by atoms with Crippen molar-refractivity contribution in [1.29, 1.82) is 0 Å². The Hall–Kier alpha value is -2.42. The third kappa shape index (κ3) is 3.72. The summed E-state index contributed by atoms with van der Waals surface area (Å²) in [7, 11) is 1.76. The molecule has 0 bridgehead atoms. The van der Waals surface area contributed by atoms with E-state index in [1.807, 2.05) is 18.4 Å². The van der Waals surface area contributed by atoms with E-state index >= 15 is 0 Å². The highest BCUT2D eigenvalue weighted by atomic mass is 16.6. The fourth-order valence-electron chi connectivity index (χ4n) is 3.24. The molecule has 0 unspecified atom stereocenters. The van der Waals surface area contributed by atoms with Gasteiger partial charge < -0.3 is 20.5 Å². The molecule has 26 heavy (non-hydrogen) atoms. The number of ether oxygens (including phenoxy) is 2. The summed E-state index contributed by atoms with van der Waals surface area (Å²) >= 11 is 0. The quantitative estimate of drug-likeness (QED) is 0.749. The minimum Gasteiger partial charge on any atom is -0.463 e. The van der Waals surface area contributed by atoms with Gasteiger partial charge in [0.15, 0.2) is 17.0 Å². The van der Waals surface area contributed by atoms with Crippen molar-refractivity contribution in [3.8, 4) is 0 Å². The highest BCUT2D eigenvalue weighted by Crippen LogP contribution is 2.36. The molecule has 0 amide bonds. The molecular formula is C17H26N6O3. The summed E-state index contributed by atoms with van der Waals surface area (Å²) in [5.74, 6) is 1.06. The van der Waals surface area contributed by atoms with Crippen LogP contribution in [0.5, 0.6) is 0 Å². The summed E-state index contributed by atoms with van der Waals surface area (Å²) in [5.41, 5.74) is 7.07. The van der Waals surface area contributed by atoms with Crippen molar-refractivity contribution in [2.75, 3.05) is 24.7 Å². The van der Waals surface area contributed by atoms with Crippen molar-refractivity contribution >= 4 is 28.9 Å². The number of carbonyl (C=O) groups is 1. The molecule has 9 heteroatoms. The average Bonchev–Trinajstić information content (AvgIpc) is 3.14. The number of rotatable bonds is 6. The van der Waals surface area contributed by atoms with Gasteiger partial charge in [-0.2, -0.15) is 9.97 Å². The number of nitrogen functional groups attached to an aromatic ring is 1. The molecule has 142 valence electrons. The molecule has 0 radical (unpaired) electrons. The Labute approximate surface area is 152 Å². The standard InChI is InChI=1S/C17H26N6O3/c1-9(2)5-12(24)25-7-11-6-10(3)16(26-11)23-8-20-13-14(19-4)21-17(18)22-15(13)23/h8-11,16H,5-7H2,1-4H3,(H3,18,19,21,22)/t10-,11-,16+/m0/s1. The van der Waals surface area contributed by atoms with Gasteiger partial charge in [0.05, 0.1) is 12.4 Å². The van der Waals surface area contributed by atoms with Crippen LogP contribution in [-0.4, -0.2) is 45.2 Å². The summed E-state index contributed by atoms with van der Waals surface area (Å²) in [6, 6.07) is 0. The van der Waals surface area contributed by atoms with E-state index in [1.165, 1.54) is 0 Å². The molecule has 3 atom stereocenters. The second-order valence-corrected chi connectivity index (χ2v) is 7.15. The number of hydrogen-bond donors (Lipinski definition) is 2. The predicted molar refractivity (Wildman–Crippen MR) is 97.4 cm³/mol. The zero-order valence-electron chi connectivity index (χ0n) is 15.6. The molecule has 0 aromatic carbocycles. The number of esters is 1. The van der Waals surface area contributed by atoms with Crippen LogP contribution < -0.4 is 11.1 Å². The first-order valence-electron chi connectivity index (χ1n) is 8.88. The topological polar surface area (TPSA) is 117 Å². The molecule has 2 aromatic heterocycles. The second-order valence-electron chi connectivity index (χ2n) is 7.15. The van der Waals surface area contributed by atoms with Crippen molar-refractivity contribution < 1.29 is 14.3 Å². The van der Waals surface area contributed by atoms with Crippen molar-refractivity contribution in [2.24, 2.45) is 11.8 Å². The van der Waals surface area contributed by atoms with Gasteiger partial charge >= 0.3 is 5.97 Å². The Balaban J connectivity index is 1.73. The van der Waals surface area contributed by atoms with Gasteiger partial charge in [0.2, 0.25) is 5.95 Å². The lowest BCUT2D eigenvalue weighted by Crippen LogP contribution is -2.20. The van der Waals surface area contributed by atoms with E-state index in [0.717, 1.165) is 6.42 Å². The molecule has 2 aromatic rings. The van der Waals surface area contributed by atoms with Crippen LogP contribution in [0.15, 0.2) is 6.33 Å². The number of anilines is 2. The maximum atomic E-state index is 11.8. The normalized spacial score (nSPS) is 22.9. The maximum Gasteiger partial charge on any atom is 0.306 e. The van der Waals surface area contributed by atoms with Crippen molar-refractivity contribution in [3.05, 3.63) is 6.33 Å². The smallest absolute Gasteiger partial charge is 0.306 e. The maximum absolute atomic E-state index is 11.8. The van der Waals surface area contributed by atoms with Crippen molar-refractivity contribution in [1.82, 2.24) is 19.5 Å². The number of carbonyl (C=O) groups excluding carboxylic acids is 1. The summed E-state index contributed by atoms with van der Waals surface area (Å²) in [4.78, 5) is 24.6. The lowest BCUT2D eigenvalue weighted by molar-refractivity contribution is -0.149. The molecule has 1 saturated heterocycles. The molecule has 0 spiro atoms. The zero-order valence-corrected chi connectivity index (χ0v) is 15.6. The first-order valence-corrected chi connectivity index (χ1v) is 8.88. The molecule has 3 N–H and O–H groups in total. The summed E-state index contributed by atoms with van der Waals surface area (Å²) in [6.07, 6.45) is 2.51. The van der Waals surface area contributed by atoms with E-state index in [2.05, 4.69) is 27.2 Å². The molecule has 9 nitrogen and oxygen atoms in total. The third-order valence-corrected chi connectivity index (χ3v) is 4.41. The van der Waals surface area contributed by atoms with Gasteiger partial charge in [-0.3, -0.25) is 9.36 Å². The van der Waals surface area contributed by atoms with E-state index in [4.69, 9.17) is 15.2 Å². The number of aromatic nitrogens is 4. The van der Waals surface area contributed by atoms with Gasteiger partial charge in [0, 0.05) is 19.4 Å². The predicted octanol–water partition coefficient (Wildman–Crippen LogP) is 1.96.